The molecule has 0 fully saturated rings. The Bertz CT molecular complexity index is 484. The number of aliphatic hydroxyl groups is 1. The minimum atomic E-state index is -0.509. The topological polar surface area (TPSA) is 61.4 Å². The Morgan fingerprint density at radius 3 is 2.00 bits per heavy atom. The molecular weight excluding hydrogens is 288 g/mol. The summed E-state index contributed by atoms with van der Waals surface area (Å²) < 4.78 is 0. The molecule has 4 heteroatoms. The first-order valence-corrected chi connectivity index (χ1v) is 8.58. The van der Waals surface area contributed by atoms with Gasteiger partial charge < -0.3 is 15.7 Å². The van der Waals surface area contributed by atoms with Crippen LogP contribution in [0.15, 0.2) is 18.2 Å². The van der Waals surface area contributed by atoms with Crippen LogP contribution < -0.4 is 10.6 Å². The molecule has 1 atom stereocenters. The van der Waals surface area contributed by atoms with Crippen LogP contribution in [0.4, 0.5) is 10.5 Å². The smallest absolute Gasteiger partial charge is 0.319 e. The van der Waals surface area contributed by atoms with Crippen LogP contribution in [0.2, 0.25) is 0 Å². The van der Waals surface area contributed by atoms with Gasteiger partial charge in [0.25, 0.3) is 0 Å². The maximum Gasteiger partial charge on any atom is 0.319 e. The summed E-state index contributed by atoms with van der Waals surface area (Å²) in [6.45, 7) is 12.9. The molecule has 1 rings (SSSR count). The lowest BCUT2D eigenvalue weighted by Crippen LogP contribution is -2.36. The van der Waals surface area contributed by atoms with Gasteiger partial charge in [-0.2, -0.15) is 0 Å². The van der Waals surface area contributed by atoms with E-state index in [9.17, 15) is 9.90 Å². The monoisotopic (exact) mass is 320 g/mol. The summed E-state index contributed by atoms with van der Waals surface area (Å²) >= 11 is 0. The predicted molar refractivity (Wildman–Crippen MR) is 97.1 cm³/mol. The molecule has 0 heterocycles. The number of carbonyl (C=O) groups is 1. The molecular formula is C19H32N2O2. The molecule has 3 N–H and O–H groups in total. The van der Waals surface area contributed by atoms with Gasteiger partial charge in [0.1, 0.15) is 0 Å². The number of amides is 2. The summed E-state index contributed by atoms with van der Waals surface area (Å²) in [5.41, 5.74) is 3.16. The van der Waals surface area contributed by atoms with Crippen molar-refractivity contribution in [2.75, 3.05) is 11.9 Å². The van der Waals surface area contributed by atoms with E-state index < -0.39 is 6.10 Å². The summed E-state index contributed by atoms with van der Waals surface area (Å²) in [4.78, 5) is 12.2. The number of benzene rings is 1. The zero-order valence-corrected chi connectivity index (χ0v) is 15.3. The largest absolute Gasteiger partial charge is 0.391 e. The molecule has 0 spiro atoms. The fourth-order valence-corrected chi connectivity index (χ4v) is 2.69. The van der Waals surface area contributed by atoms with Gasteiger partial charge in [-0.15, -0.1) is 0 Å². The number of urea groups is 1. The van der Waals surface area contributed by atoms with Gasteiger partial charge in [-0.05, 0) is 35.3 Å². The molecule has 0 saturated carbocycles. The second-order valence-corrected chi connectivity index (χ2v) is 7.24. The van der Waals surface area contributed by atoms with Crippen molar-refractivity contribution in [3.8, 4) is 0 Å². The number of nitrogens with one attached hydrogen (secondary N) is 2. The molecule has 0 aliphatic rings. The molecule has 0 aliphatic carbocycles. The summed E-state index contributed by atoms with van der Waals surface area (Å²) in [5, 5.41) is 15.6. The van der Waals surface area contributed by atoms with Gasteiger partial charge in [0.05, 0.1) is 6.10 Å². The number of para-hydroxylation sites is 1. The Morgan fingerprint density at radius 2 is 1.57 bits per heavy atom. The van der Waals surface area contributed by atoms with Crippen molar-refractivity contribution in [2.45, 2.75) is 65.9 Å². The quantitative estimate of drug-likeness (QED) is 0.694. The Hall–Kier alpha value is -1.55. The minimum absolute atomic E-state index is 0.261. The first-order chi connectivity index (χ1) is 10.7. The Balaban J connectivity index is 2.80. The van der Waals surface area contributed by atoms with Gasteiger partial charge >= 0.3 is 6.03 Å². The van der Waals surface area contributed by atoms with Crippen LogP contribution in [0.1, 0.15) is 70.9 Å². The van der Waals surface area contributed by atoms with Gasteiger partial charge in [-0.3, -0.25) is 0 Å². The van der Waals surface area contributed by atoms with E-state index in [-0.39, 0.29) is 12.6 Å². The normalized spacial score (nSPS) is 12.8. The highest BCUT2D eigenvalue weighted by Crippen LogP contribution is 2.32. The number of aliphatic hydroxyl groups excluding tert-OH is 1. The molecule has 0 aliphatic heterocycles. The number of hydrogen-bond donors (Lipinski definition) is 3. The van der Waals surface area contributed by atoms with Crippen LogP contribution in [0.25, 0.3) is 0 Å². The zero-order chi connectivity index (χ0) is 17.6. The van der Waals surface area contributed by atoms with Crippen LogP contribution in [0, 0.1) is 5.92 Å². The lowest BCUT2D eigenvalue weighted by molar-refractivity contribution is 0.148. The van der Waals surface area contributed by atoms with E-state index in [1.54, 1.807) is 0 Å². The molecule has 0 bridgehead atoms. The van der Waals surface area contributed by atoms with Crippen LogP contribution in [0.5, 0.6) is 0 Å². The Labute approximate surface area is 140 Å². The fourth-order valence-electron chi connectivity index (χ4n) is 2.69. The fraction of sp³-hybridized carbons (Fsp3) is 0.632. The maximum absolute atomic E-state index is 12.2. The van der Waals surface area contributed by atoms with Crippen molar-refractivity contribution < 1.29 is 9.90 Å². The first-order valence-electron chi connectivity index (χ1n) is 8.58. The average Bonchev–Trinajstić information content (AvgIpc) is 2.44. The van der Waals surface area contributed by atoms with E-state index in [2.05, 4.69) is 64.3 Å². The van der Waals surface area contributed by atoms with E-state index in [0.717, 1.165) is 16.8 Å². The third kappa shape index (κ3) is 6.22. The highest BCUT2D eigenvalue weighted by molar-refractivity contribution is 5.91. The standard InChI is InChI=1S/C19H32N2O2/c1-12(2)10-15(22)11-20-19(23)21-18-16(13(3)4)8-7-9-17(18)14(5)6/h7-9,12-15,22H,10-11H2,1-6H3,(H2,20,21,23). The van der Waals surface area contributed by atoms with E-state index in [4.69, 9.17) is 0 Å². The maximum atomic E-state index is 12.2. The van der Waals surface area contributed by atoms with Crippen molar-refractivity contribution >= 4 is 11.7 Å². The molecule has 23 heavy (non-hydrogen) atoms. The third-order valence-electron chi connectivity index (χ3n) is 3.85. The van der Waals surface area contributed by atoms with Gasteiger partial charge in [-0.1, -0.05) is 59.7 Å². The molecule has 1 unspecified atom stereocenters. The van der Waals surface area contributed by atoms with E-state index >= 15 is 0 Å². The number of hydrogen-bond acceptors (Lipinski definition) is 2. The Morgan fingerprint density at radius 1 is 1.04 bits per heavy atom. The zero-order valence-electron chi connectivity index (χ0n) is 15.3. The van der Waals surface area contributed by atoms with Crippen LogP contribution in [-0.2, 0) is 0 Å². The van der Waals surface area contributed by atoms with Gasteiger partial charge in [0, 0.05) is 12.2 Å². The summed E-state index contributed by atoms with van der Waals surface area (Å²) in [7, 11) is 0. The van der Waals surface area contributed by atoms with Crippen LogP contribution >= 0.6 is 0 Å². The summed E-state index contributed by atoms with van der Waals surface area (Å²) in [6.07, 6.45) is 0.172. The SMILES string of the molecule is CC(C)CC(O)CNC(=O)Nc1c(C(C)C)cccc1C(C)C. The molecule has 0 saturated heterocycles. The summed E-state index contributed by atoms with van der Waals surface area (Å²) in [6, 6.07) is 5.89. The van der Waals surface area contributed by atoms with Crippen LogP contribution in [0.3, 0.4) is 0 Å². The molecule has 1 aromatic rings. The first kappa shape index (κ1) is 19.5. The van der Waals surface area contributed by atoms with E-state index in [0.29, 0.717) is 24.2 Å². The second kappa shape index (κ2) is 8.92. The number of anilines is 1. The van der Waals surface area contributed by atoms with Crippen LogP contribution in [-0.4, -0.2) is 23.8 Å². The highest BCUT2D eigenvalue weighted by atomic mass is 16.3. The molecule has 0 aromatic heterocycles. The van der Waals surface area contributed by atoms with Gasteiger partial charge in [0.15, 0.2) is 0 Å². The summed E-state index contributed by atoms with van der Waals surface area (Å²) in [5.74, 6) is 1.06. The van der Waals surface area contributed by atoms with Crippen molar-refractivity contribution in [3.05, 3.63) is 29.3 Å². The molecule has 0 radical (unpaired) electrons. The second-order valence-electron chi connectivity index (χ2n) is 7.24. The predicted octanol–water partition coefficient (Wildman–Crippen LogP) is 4.46. The minimum Gasteiger partial charge on any atom is -0.391 e. The van der Waals surface area contributed by atoms with Gasteiger partial charge in [-0.25, -0.2) is 4.79 Å². The molecule has 130 valence electrons. The van der Waals surface area contributed by atoms with Crippen molar-refractivity contribution in [3.63, 3.8) is 0 Å². The Kier molecular flexibility index (Phi) is 7.56. The average molecular weight is 320 g/mol. The number of rotatable bonds is 7. The van der Waals surface area contributed by atoms with Crippen molar-refractivity contribution in [2.24, 2.45) is 5.92 Å². The highest BCUT2D eigenvalue weighted by Gasteiger charge is 2.16. The van der Waals surface area contributed by atoms with Crippen molar-refractivity contribution in [1.82, 2.24) is 5.32 Å². The van der Waals surface area contributed by atoms with Crippen molar-refractivity contribution in [1.29, 1.82) is 0 Å². The molecule has 2 amide bonds. The lowest BCUT2D eigenvalue weighted by atomic mass is 9.93. The van der Waals surface area contributed by atoms with Gasteiger partial charge in [0.2, 0.25) is 0 Å². The lowest BCUT2D eigenvalue weighted by Gasteiger charge is -2.21. The van der Waals surface area contributed by atoms with E-state index in [1.807, 2.05) is 6.07 Å². The van der Waals surface area contributed by atoms with E-state index in [1.165, 1.54) is 0 Å². The molecule has 4 nitrogen and oxygen atoms in total. The number of carbonyl (C=O) groups excluding carboxylic acids is 1. The third-order valence-corrected chi connectivity index (χ3v) is 3.85. The molecule has 1 aromatic carbocycles.